The van der Waals surface area contributed by atoms with Crippen LogP contribution in [0.15, 0.2) is 0 Å². The van der Waals surface area contributed by atoms with E-state index >= 15 is 0 Å². The van der Waals surface area contributed by atoms with E-state index in [1.807, 2.05) is 0 Å². The van der Waals surface area contributed by atoms with Gasteiger partial charge in [-0.1, -0.05) is 54.7 Å². The van der Waals surface area contributed by atoms with E-state index in [0.29, 0.717) is 6.10 Å². The normalized spacial score (nSPS) is 28.1. The van der Waals surface area contributed by atoms with E-state index in [9.17, 15) is 0 Å². The molecule has 0 atom stereocenters. The molecule has 0 radical (unpaired) electrons. The zero-order chi connectivity index (χ0) is 9.86. The van der Waals surface area contributed by atoms with Crippen molar-refractivity contribution in [2.75, 3.05) is 4.43 Å². The molecular formula is C12H21IO. The van der Waals surface area contributed by atoms with Gasteiger partial charge in [0.25, 0.3) is 0 Å². The van der Waals surface area contributed by atoms with Gasteiger partial charge in [-0.3, -0.25) is 0 Å². The van der Waals surface area contributed by atoms with Crippen molar-refractivity contribution in [2.45, 2.75) is 69.5 Å². The van der Waals surface area contributed by atoms with Gasteiger partial charge in [0.05, 0.1) is 11.7 Å². The standard InChI is InChI=1S/C12H21IO/c13-10-12(8-4-1-5-9-12)14-11-6-2-3-7-11/h11H,1-10H2. The highest BCUT2D eigenvalue weighted by Crippen LogP contribution is 2.37. The Kier molecular flexibility index (Phi) is 4.11. The smallest absolute Gasteiger partial charge is 0.0775 e. The van der Waals surface area contributed by atoms with Crippen LogP contribution in [-0.2, 0) is 4.74 Å². The number of hydrogen-bond donors (Lipinski definition) is 0. The molecule has 0 aromatic heterocycles. The van der Waals surface area contributed by atoms with Crippen LogP contribution in [0, 0.1) is 0 Å². The maximum absolute atomic E-state index is 6.38. The second-order valence-corrected chi connectivity index (χ2v) is 5.66. The molecule has 2 fully saturated rings. The van der Waals surface area contributed by atoms with E-state index < -0.39 is 0 Å². The van der Waals surface area contributed by atoms with Crippen molar-refractivity contribution in [1.29, 1.82) is 0 Å². The topological polar surface area (TPSA) is 9.23 Å². The van der Waals surface area contributed by atoms with Gasteiger partial charge in [-0.15, -0.1) is 0 Å². The SMILES string of the molecule is ICC1(OC2CCCC2)CCCCC1. The second kappa shape index (κ2) is 5.15. The van der Waals surface area contributed by atoms with Gasteiger partial charge >= 0.3 is 0 Å². The molecular weight excluding hydrogens is 287 g/mol. The zero-order valence-electron chi connectivity index (χ0n) is 8.93. The molecule has 0 aromatic rings. The first-order chi connectivity index (χ1) is 6.85. The third-order valence-electron chi connectivity index (χ3n) is 3.73. The fourth-order valence-electron chi connectivity index (χ4n) is 2.84. The lowest BCUT2D eigenvalue weighted by atomic mass is 9.86. The van der Waals surface area contributed by atoms with Crippen LogP contribution in [0.3, 0.4) is 0 Å². The molecule has 0 saturated heterocycles. The molecule has 1 nitrogen and oxygen atoms in total. The molecule has 0 unspecified atom stereocenters. The minimum absolute atomic E-state index is 0.272. The molecule has 0 N–H and O–H groups in total. The number of halogens is 1. The average molecular weight is 308 g/mol. The van der Waals surface area contributed by atoms with Gasteiger partial charge < -0.3 is 4.74 Å². The van der Waals surface area contributed by atoms with Gasteiger partial charge in [0.15, 0.2) is 0 Å². The van der Waals surface area contributed by atoms with Crippen molar-refractivity contribution in [1.82, 2.24) is 0 Å². The molecule has 0 heterocycles. The number of rotatable bonds is 3. The molecule has 0 bridgehead atoms. The third-order valence-corrected chi connectivity index (χ3v) is 5.12. The quantitative estimate of drug-likeness (QED) is 0.564. The van der Waals surface area contributed by atoms with Crippen molar-refractivity contribution in [2.24, 2.45) is 0 Å². The van der Waals surface area contributed by atoms with Crippen molar-refractivity contribution in [3.63, 3.8) is 0 Å². The monoisotopic (exact) mass is 308 g/mol. The Morgan fingerprint density at radius 2 is 1.64 bits per heavy atom. The van der Waals surface area contributed by atoms with Gasteiger partial charge in [0.1, 0.15) is 0 Å². The predicted molar refractivity (Wildman–Crippen MR) is 68.0 cm³/mol. The van der Waals surface area contributed by atoms with Crippen LogP contribution in [0.5, 0.6) is 0 Å². The summed E-state index contributed by atoms with van der Waals surface area (Å²) in [5.41, 5.74) is 0.272. The fraction of sp³-hybridized carbons (Fsp3) is 1.00. The van der Waals surface area contributed by atoms with Crippen molar-refractivity contribution in [3.8, 4) is 0 Å². The van der Waals surface area contributed by atoms with Gasteiger partial charge in [0, 0.05) is 4.43 Å². The lowest BCUT2D eigenvalue weighted by Gasteiger charge is -2.38. The summed E-state index contributed by atoms with van der Waals surface area (Å²) in [6.07, 6.45) is 12.8. The largest absolute Gasteiger partial charge is 0.371 e. The first-order valence-corrected chi connectivity index (χ1v) is 7.61. The van der Waals surface area contributed by atoms with Crippen molar-refractivity contribution < 1.29 is 4.74 Å². The van der Waals surface area contributed by atoms with E-state index in [1.54, 1.807) is 0 Å². The molecule has 0 aromatic carbocycles. The van der Waals surface area contributed by atoms with Crippen LogP contribution in [0.25, 0.3) is 0 Å². The molecule has 0 spiro atoms. The molecule has 2 heteroatoms. The summed E-state index contributed by atoms with van der Waals surface area (Å²) in [5.74, 6) is 0. The Labute approximate surface area is 101 Å². The maximum atomic E-state index is 6.38. The Hall–Kier alpha value is 0.690. The van der Waals surface area contributed by atoms with Gasteiger partial charge in [-0.05, 0) is 25.7 Å². The molecule has 2 saturated carbocycles. The Bertz CT molecular complexity index is 169. The van der Waals surface area contributed by atoms with E-state index in [0.717, 1.165) is 0 Å². The predicted octanol–water partition coefficient (Wildman–Crippen LogP) is 4.08. The van der Waals surface area contributed by atoms with Gasteiger partial charge in [-0.25, -0.2) is 0 Å². The molecule has 14 heavy (non-hydrogen) atoms. The summed E-state index contributed by atoms with van der Waals surface area (Å²) in [4.78, 5) is 0. The van der Waals surface area contributed by atoms with Crippen molar-refractivity contribution >= 4 is 22.6 Å². The number of ether oxygens (including phenoxy) is 1. The molecule has 0 aliphatic heterocycles. The fourth-order valence-corrected chi connectivity index (χ4v) is 3.78. The highest BCUT2D eigenvalue weighted by molar-refractivity contribution is 14.1. The van der Waals surface area contributed by atoms with E-state index in [2.05, 4.69) is 22.6 Å². The first kappa shape index (κ1) is 11.2. The molecule has 2 aliphatic carbocycles. The summed E-state index contributed by atoms with van der Waals surface area (Å²) >= 11 is 2.52. The molecule has 2 aliphatic rings. The summed E-state index contributed by atoms with van der Waals surface area (Å²) in [5, 5.41) is 0. The summed E-state index contributed by atoms with van der Waals surface area (Å²) in [7, 11) is 0. The lowest BCUT2D eigenvalue weighted by molar-refractivity contribution is -0.0937. The summed E-state index contributed by atoms with van der Waals surface area (Å²) < 4.78 is 7.58. The van der Waals surface area contributed by atoms with Gasteiger partial charge in [-0.2, -0.15) is 0 Å². The number of alkyl halides is 1. The minimum atomic E-state index is 0.272. The molecule has 0 amide bonds. The first-order valence-electron chi connectivity index (χ1n) is 6.08. The highest BCUT2D eigenvalue weighted by atomic mass is 127. The Balaban J connectivity index is 1.89. The maximum Gasteiger partial charge on any atom is 0.0775 e. The van der Waals surface area contributed by atoms with Gasteiger partial charge in [0.2, 0.25) is 0 Å². The Morgan fingerprint density at radius 3 is 2.21 bits per heavy atom. The summed E-state index contributed by atoms with van der Waals surface area (Å²) in [6, 6.07) is 0. The van der Waals surface area contributed by atoms with Crippen molar-refractivity contribution in [3.05, 3.63) is 0 Å². The molecule has 82 valence electrons. The molecule has 2 rings (SSSR count). The van der Waals surface area contributed by atoms with Crippen LogP contribution < -0.4 is 0 Å². The van der Waals surface area contributed by atoms with Crippen LogP contribution in [-0.4, -0.2) is 16.1 Å². The van der Waals surface area contributed by atoms with Crippen LogP contribution in [0.4, 0.5) is 0 Å². The lowest BCUT2D eigenvalue weighted by Crippen LogP contribution is -2.39. The van der Waals surface area contributed by atoms with E-state index in [-0.39, 0.29) is 5.60 Å². The zero-order valence-corrected chi connectivity index (χ0v) is 11.1. The van der Waals surface area contributed by atoms with Crippen LogP contribution in [0.1, 0.15) is 57.8 Å². The highest BCUT2D eigenvalue weighted by Gasteiger charge is 2.35. The average Bonchev–Trinajstić information content (AvgIpc) is 2.72. The van der Waals surface area contributed by atoms with E-state index in [1.165, 1.54) is 62.2 Å². The Morgan fingerprint density at radius 1 is 1.00 bits per heavy atom. The minimum Gasteiger partial charge on any atom is -0.371 e. The summed E-state index contributed by atoms with van der Waals surface area (Å²) in [6.45, 7) is 0. The van der Waals surface area contributed by atoms with Crippen LogP contribution >= 0.6 is 22.6 Å². The third kappa shape index (κ3) is 2.63. The second-order valence-electron chi connectivity index (χ2n) is 4.90. The van der Waals surface area contributed by atoms with Crippen LogP contribution in [0.2, 0.25) is 0 Å². The van der Waals surface area contributed by atoms with E-state index in [4.69, 9.17) is 4.74 Å². The number of hydrogen-bond acceptors (Lipinski definition) is 1.